The molecule has 0 heterocycles. The highest BCUT2D eigenvalue weighted by molar-refractivity contribution is 5.73. The molecule has 12 heavy (non-hydrogen) atoms. The first-order valence-corrected chi connectivity index (χ1v) is 3.26. The van der Waals surface area contributed by atoms with Gasteiger partial charge in [-0.15, -0.1) is 0 Å². The van der Waals surface area contributed by atoms with E-state index in [4.69, 9.17) is 0 Å². The zero-order valence-electron chi connectivity index (χ0n) is 7.10. The molecule has 0 spiro atoms. The number of methoxy groups -OCH3 is 1. The molecule has 6 nitrogen and oxygen atoms in total. The molecule has 0 aliphatic heterocycles. The number of carbonyl (C=O) groups is 2. The first-order valence-electron chi connectivity index (χ1n) is 3.26. The van der Waals surface area contributed by atoms with Crippen molar-refractivity contribution in [3.8, 4) is 0 Å². The minimum Gasteiger partial charge on any atom is -0.450 e. The van der Waals surface area contributed by atoms with Gasteiger partial charge in [0.25, 0.3) is 0 Å². The molecule has 68 valence electrons. The molecule has 0 atom stereocenters. The molecule has 0 saturated heterocycles. The Hall–Kier alpha value is -1.46. The van der Waals surface area contributed by atoms with Crippen LogP contribution in [0.25, 0.3) is 0 Å². The van der Waals surface area contributed by atoms with Crippen LogP contribution in [0.4, 0.5) is 9.59 Å². The summed E-state index contributed by atoms with van der Waals surface area (Å²) in [5.41, 5.74) is 0. The van der Waals surface area contributed by atoms with E-state index in [2.05, 4.69) is 19.7 Å². The summed E-state index contributed by atoms with van der Waals surface area (Å²) in [6.07, 6.45) is -2.12. The number of nitrogens with zero attached hydrogens (tertiary/aromatic N) is 2. The number of amides is 2. The quantitative estimate of drug-likeness (QED) is 0.567. The number of ether oxygens (including phenoxy) is 2. The van der Waals surface area contributed by atoms with Crippen LogP contribution in [0.1, 0.15) is 13.8 Å². The van der Waals surface area contributed by atoms with Gasteiger partial charge >= 0.3 is 12.2 Å². The number of azo groups is 1. The second-order valence-electron chi connectivity index (χ2n) is 2.10. The highest BCUT2D eigenvalue weighted by atomic mass is 16.6. The van der Waals surface area contributed by atoms with Gasteiger partial charge in [-0.25, -0.2) is 9.59 Å². The Balaban J connectivity index is 3.83. The molecule has 0 rings (SSSR count). The summed E-state index contributed by atoms with van der Waals surface area (Å²) in [5.74, 6) is 0. The van der Waals surface area contributed by atoms with Crippen LogP contribution in [0.15, 0.2) is 10.2 Å². The molecule has 0 bridgehead atoms. The van der Waals surface area contributed by atoms with E-state index in [1.807, 2.05) is 0 Å². The van der Waals surface area contributed by atoms with Gasteiger partial charge < -0.3 is 9.47 Å². The zero-order valence-corrected chi connectivity index (χ0v) is 7.10. The maximum Gasteiger partial charge on any atom is 0.452 e. The summed E-state index contributed by atoms with van der Waals surface area (Å²) >= 11 is 0. The first-order chi connectivity index (χ1) is 5.56. The smallest absolute Gasteiger partial charge is 0.450 e. The van der Waals surface area contributed by atoms with Gasteiger partial charge in [0.05, 0.1) is 13.2 Å². The summed E-state index contributed by atoms with van der Waals surface area (Å²) in [6, 6.07) is 0. The monoisotopic (exact) mass is 174 g/mol. The number of rotatable bonds is 1. The molecular weight excluding hydrogens is 164 g/mol. The van der Waals surface area contributed by atoms with Gasteiger partial charge in [0.15, 0.2) is 0 Å². The SMILES string of the molecule is COC(=O)/N=N/C(=O)OC(C)C. The average Bonchev–Trinajstić information content (AvgIpc) is 1.99. The molecule has 0 N–H and O–H groups in total. The van der Waals surface area contributed by atoms with Crippen LogP contribution in [0.5, 0.6) is 0 Å². The zero-order chi connectivity index (χ0) is 9.56. The molecule has 0 aliphatic carbocycles. The first kappa shape index (κ1) is 10.5. The molecule has 2 amide bonds. The van der Waals surface area contributed by atoms with Crippen molar-refractivity contribution in [1.82, 2.24) is 0 Å². The molecule has 6 heteroatoms. The van der Waals surface area contributed by atoms with Crippen LogP contribution >= 0.6 is 0 Å². The maximum atomic E-state index is 10.6. The molecule has 0 radical (unpaired) electrons. The Kier molecular flexibility index (Phi) is 4.59. The Morgan fingerprint density at radius 3 is 2.08 bits per heavy atom. The van der Waals surface area contributed by atoms with E-state index in [0.29, 0.717) is 0 Å². The van der Waals surface area contributed by atoms with Gasteiger partial charge in [0, 0.05) is 0 Å². The fraction of sp³-hybridized carbons (Fsp3) is 0.667. The average molecular weight is 174 g/mol. The van der Waals surface area contributed by atoms with E-state index < -0.39 is 12.2 Å². The van der Waals surface area contributed by atoms with Crippen molar-refractivity contribution in [1.29, 1.82) is 0 Å². The van der Waals surface area contributed by atoms with E-state index in [-0.39, 0.29) is 6.10 Å². The highest BCUT2D eigenvalue weighted by Crippen LogP contribution is 1.93. The van der Waals surface area contributed by atoms with Crippen LogP contribution in [-0.2, 0) is 9.47 Å². The molecule has 0 saturated carbocycles. The summed E-state index contributed by atoms with van der Waals surface area (Å²) in [5, 5.41) is 5.81. The maximum absolute atomic E-state index is 10.6. The minimum absolute atomic E-state index is 0.283. The fourth-order valence-electron chi connectivity index (χ4n) is 0.348. The Morgan fingerprint density at radius 1 is 1.17 bits per heavy atom. The van der Waals surface area contributed by atoms with Crippen molar-refractivity contribution in [2.75, 3.05) is 7.11 Å². The lowest BCUT2D eigenvalue weighted by atomic mass is 10.5. The minimum atomic E-state index is -0.935. The van der Waals surface area contributed by atoms with E-state index in [9.17, 15) is 9.59 Å². The predicted octanol–water partition coefficient (Wildman–Crippen LogP) is 1.75. The fourth-order valence-corrected chi connectivity index (χ4v) is 0.348. The summed E-state index contributed by atoms with van der Waals surface area (Å²) in [7, 11) is 1.13. The van der Waals surface area contributed by atoms with Crippen LogP contribution in [0.2, 0.25) is 0 Å². The van der Waals surface area contributed by atoms with Gasteiger partial charge in [0.2, 0.25) is 0 Å². The van der Waals surface area contributed by atoms with Crippen molar-refractivity contribution < 1.29 is 19.1 Å². The summed E-state index contributed by atoms with van der Waals surface area (Å²) in [6.45, 7) is 3.32. The summed E-state index contributed by atoms with van der Waals surface area (Å²) < 4.78 is 8.64. The Bertz CT molecular complexity index is 200. The third-order valence-corrected chi connectivity index (χ3v) is 0.724. The largest absolute Gasteiger partial charge is 0.452 e. The van der Waals surface area contributed by atoms with Crippen molar-refractivity contribution >= 4 is 12.2 Å². The van der Waals surface area contributed by atoms with Gasteiger partial charge in [-0.3, -0.25) is 0 Å². The van der Waals surface area contributed by atoms with Crippen LogP contribution in [0, 0.1) is 0 Å². The molecule has 0 aromatic heterocycles. The van der Waals surface area contributed by atoms with Crippen molar-refractivity contribution in [3.63, 3.8) is 0 Å². The van der Waals surface area contributed by atoms with E-state index in [0.717, 1.165) is 7.11 Å². The normalized spacial score (nSPS) is 10.3. The number of carbonyl (C=O) groups excluding carboxylic acids is 2. The standard InChI is InChI=1S/C6H10N2O4/c1-4(2)12-6(10)8-7-5(9)11-3/h4H,1-3H3/b8-7+. The van der Waals surface area contributed by atoms with Gasteiger partial charge in [-0.2, -0.15) is 0 Å². The van der Waals surface area contributed by atoms with Crippen molar-refractivity contribution in [2.45, 2.75) is 20.0 Å². The highest BCUT2D eigenvalue weighted by Gasteiger charge is 2.03. The number of hydrogen-bond acceptors (Lipinski definition) is 4. The molecule has 0 aliphatic rings. The lowest BCUT2D eigenvalue weighted by molar-refractivity contribution is 0.123. The van der Waals surface area contributed by atoms with Crippen LogP contribution in [0.3, 0.4) is 0 Å². The van der Waals surface area contributed by atoms with Crippen LogP contribution < -0.4 is 0 Å². The van der Waals surface area contributed by atoms with Crippen molar-refractivity contribution in [3.05, 3.63) is 0 Å². The lowest BCUT2D eigenvalue weighted by Gasteiger charge is -2.01. The molecular formula is C6H10N2O4. The molecule has 0 aromatic rings. The molecule has 0 unspecified atom stereocenters. The van der Waals surface area contributed by atoms with Gasteiger partial charge in [0.1, 0.15) is 0 Å². The Morgan fingerprint density at radius 2 is 1.67 bits per heavy atom. The Labute approximate surface area is 69.6 Å². The van der Waals surface area contributed by atoms with Gasteiger partial charge in [-0.05, 0) is 13.8 Å². The van der Waals surface area contributed by atoms with Crippen molar-refractivity contribution in [2.24, 2.45) is 10.2 Å². The van der Waals surface area contributed by atoms with E-state index >= 15 is 0 Å². The summed E-state index contributed by atoms with van der Waals surface area (Å²) in [4.78, 5) is 20.9. The second kappa shape index (κ2) is 5.22. The van der Waals surface area contributed by atoms with E-state index in [1.165, 1.54) is 0 Å². The second-order valence-corrected chi connectivity index (χ2v) is 2.10. The van der Waals surface area contributed by atoms with E-state index in [1.54, 1.807) is 13.8 Å². The topological polar surface area (TPSA) is 77.3 Å². The number of hydrogen-bond donors (Lipinski definition) is 0. The predicted molar refractivity (Wildman–Crippen MR) is 38.9 cm³/mol. The molecule has 0 fully saturated rings. The van der Waals surface area contributed by atoms with Gasteiger partial charge in [-0.1, -0.05) is 10.2 Å². The third kappa shape index (κ3) is 5.33. The van der Waals surface area contributed by atoms with Crippen LogP contribution in [-0.4, -0.2) is 25.4 Å². The third-order valence-electron chi connectivity index (χ3n) is 0.724. The lowest BCUT2D eigenvalue weighted by Crippen LogP contribution is -2.07. The molecule has 0 aromatic carbocycles.